The van der Waals surface area contributed by atoms with Crippen molar-refractivity contribution in [1.29, 1.82) is 0 Å². The molecule has 2 heterocycles. The van der Waals surface area contributed by atoms with Gasteiger partial charge in [0.05, 0.1) is 5.39 Å². The lowest BCUT2D eigenvalue weighted by Gasteiger charge is -2.12. The maximum Gasteiger partial charge on any atom is 0.164 e. The van der Waals surface area contributed by atoms with Gasteiger partial charge in [0, 0.05) is 28.3 Å². The largest absolute Gasteiger partial charge is 0.458 e. The van der Waals surface area contributed by atoms with Crippen molar-refractivity contribution in [3.63, 3.8) is 0 Å². The number of furan rings is 1. The summed E-state index contributed by atoms with van der Waals surface area (Å²) in [6, 6.07) is 73.1. The average Bonchev–Trinajstić information content (AvgIpc) is 3.73. The molecule has 0 spiro atoms. The lowest BCUT2D eigenvalue weighted by Crippen LogP contribution is -2.00. The van der Waals surface area contributed by atoms with Gasteiger partial charge in [0.25, 0.3) is 0 Å². The van der Waals surface area contributed by atoms with Gasteiger partial charge in [-0.2, -0.15) is 0 Å². The Labute approximate surface area is 361 Å². The Bertz CT molecular complexity index is 3160. The van der Waals surface area contributed by atoms with E-state index in [0.717, 1.165) is 78.2 Å². The van der Waals surface area contributed by atoms with Gasteiger partial charge in [-0.25, -0.2) is 19.9 Å². The second-order valence-corrected chi connectivity index (χ2v) is 15.5. The van der Waals surface area contributed by atoms with Gasteiger partial charge in [0.1, 0.15) is 17.0 Å². The van der Waals surface area contributed by atoms with Crippen molar-refractivity contribution in [2.24, 2.45) is 4.99 Å². The summed E-state index contributed by atoms with van der Waals surface area (Å²) in [5, 5.41) is 0.961. The fraction of sp³-hybridized carbons (Fsp3) is 0.0526. The molecule has 5 heteroatoms. The zero-order valence-electron chi connectivity index (χ0n) is 34.5. The number of hydrogen-bond donors (Lipinski definition) is 0. The Hall–Kier alpha value is -8.02. The SMILES string of the molecule is CC(=Nc1c(C(C)c2ccccc2)oc2cccc(-c3cccc(-c4nc(-c5ccccc5)nc(-c5ccc(-c6ccccc6)cc5)n4)c3)c12)c1ccc(-c2ccccc2)cc1. The summed E-state index contributed by atoms with van der Waals surface area (Å²) in [6.45, 7) is 4.27. The number of aliphatic imine (C=N–C) groups is 1. The molecule has 296 valence electrons. The Morgan fingerprint density at radius 1 is 0.435 bits per heavy atom. The molecule has 0 aliphatic heterocycles. The molecule has 0 fully saturated rings. The van der Waals surface area contributed by atoms with E-state index in [1.54, 1.807) is 0 Å². The lowest BCUT2D eigenvalue weighted by atomic mass is 9.94. The van der Waals surface area contributed by atoms with Crippen molar-refractivity contribution in [1.82, 2.24) is 15.0 Å². The minimum atomic E-state index is -0.0448. The van der Waals surface area contributed by atoms with Crippen molar-refractivity contribution in [2.45, 2.75) is 19.8 Å². The Morgan fingerprint density at radius 2 is 0.871 bits per heavy atom. The van der Waals surface area contributed by atoms with Crippen molar-refractivity contribution in [3.05, 3.63) is 229 Å². The molecule has 1 atom stereocenters. The molecule has 5 nitrogen and oxygen atoms in total. The van der Waals surface area contributed by atoms with Crippen LogP contribution in [0.2, 0.25) is 0 Å². The Morgan fingerprint density at radius 3 is 1.47 bits per heavy atom. The van der Waals surface area contributed by atoms with Crippen LogP contribution < -0.4 is 0 Å². The van der Waals surface area contributed by atoms with Crippen LogP contribution in [-0.4, -0.2) is 20.7 Å². The minimum absolute atomic E-state index is 0.0448. The van der Waals surface area contributed by atoms with Crippen LogP contribution in [0.3, 0.4) is 0 Å². The molecule has 0 aliphatic carbocycles. The van der Waals surface area contributed by atoms with Crippen LogP contribution in [-0.2, 0) is 0 Å². The highest BCUT2D eigenvalue weighted by atomic mass is 16.3. The van der Waals surface area contributed by atoms with Crippen LogP contribution in [0.4, 0.5) is 5.69 Å². The summed E-state index contributed by atoms with van der Waals surface area (Å²) in [7, 11) is 0. The molecule has 1 unspecified atom stereocenters. The van der Waals surface area contributed by atoms with E-state index in [1.165, 1.54) is 11.1 Å². The van der Waals surface area contributed by atoms with E-state index < -0.39 is 0 Å². The fourth-order valence-corrected chi connectivity index (χ4v) is 8.07. The first-order chi connectivity index (χ1) is 30.6. The zero-order chi connectivity index (χ0) is 41.8. The van der Waals surface area contributed by atoms with Crippen LogP contribution in [0.5, 0.6) is 0 Å². The first kappa shape index (κ1) is 38.2. The molecule has 0 saturated carbocycles. The van der Waals surface area contributed by atoms with Gasteiger partial charge in [-0.05, 0) is 63.6 Å². The van der Waals surface area contributed by atoms with Crippen LogP contribution in [0.15, 0.2) is 222 Å². The predicted octanol–water partition coefficient (Wildman–Crippen LogP) is 14.9. The van der Waals surface area contributed by atoms with Crippen LogP contribution in [0.25, 0.3) is 78.5 Å². The molecule has 62 heavy (non-hydrogen) atoms. The highest BCUT2D eigenvalue weighted by Gasteiger charge is 2.24. The molecular formula is C57H42N4O. The summed E-state index contributed by atoms with van der Waals surface area (Å²) < 4.78 is 6.83. The third-order valence-corrected chi connectivity index (χ3v) is 11.4. The molecular weight excluding hydrogens is 757 g/mol. The lowest BCUT2D eigenvalue weighted by molar-refractivity contribution is 0.534. The van der Waals surface area contributed by atoms with Gasteiger partial charge in [0.2, 0.25) is 0 Å². The highest BCUT2D eigenvalue weighted by molar-refractivity contribution is 6.08. The van der Waals surface area contributed by atoms with E-state index in [2.05, 4.69) is 172 Å². The molecule has 0 N–H and O–H groups in total. The van der Waals surface area contributed by atoms with Crippen molar-refractivity contribution in [3.8, 4) is 67.5 Å². The van der Waals surface area contributed by atoms with Gasteiger partial charge in [-0.1, -0.05) is 207 Å². The Kier molecular flexibility index (Phi) is 10.4. The van der Waals surface area contributed by atoms with E-state index >= 15 is 0 Å². The average molecular weight is 799 g/mol. The van der Waals surface area contributed by atoms with E-state index in [-0.39, 0.29) is 5.92 Å². The summed E-state index contributed by atoms with van der Waals surface area (Å²) in [5.41, 5.74) is 14.1. The first-order valence-electron chi connectivity index (χ1n) is 21.0. The molecule has 0 amide bonds. The quantitative estimate of drug-likeness (QED) is 0.129. The zero-order valence-corrected chi connectivity index (χ0v) is 34.5. The van der Waals surface area contributed by atoms with Crippen LogP contribution in [0, 0.1) is 0 Å². The third-order valence-electron chi connectivity index (χ3n) is 11.4. The summed E-state index contributed by atoms with van der Waals surface area (Å²) in [5.74, 6) is 2.59. The summed E-state index contributed by atoms with van der Waals surface area (Å²) >= 11 is 0. The second kappa shape index (κ2) is 16.9. The van der Waals surface area contributed by atoms with Crippen molar-refractivity contribution < 1.29 is 4.42 Å². The summed E-state index contributed by atoms with van der Waals surface area (Å²) in [6.07, 6.45) is 0. The summed E-state index contributed by atoms with van der Waals surface area (Å²) in [4.78, 5) is 20.6. The maximum absolute atomic E-state index is 6.83. The molecule has 10 aromatic rings. The molecule has 0 radical (unpaired) electrons. The molecule has 0 saturated heterocycles. The molecule has 0 bridgehead atoms. The van der Waals surface area contributed by atoms with E-state index in [9.17, 15) is 0 Å². The smallest absolute Gasteiger partial charge is 0.164 e. The topological polar surface area (TPSA) is 64.2 Å². The van der Waals surface area contributed by atoms with Crippen LogP contribution in [0.1, 0.15) is 36.7 Å². The van der Waals surface area contributed by atoms with Gasteiger partial charge < -0.3 is 4.42 Å². The standard InChI is InChI=1S/C57H42N4O/c1-38(40-17-7-3-8-18-40)54-53(58-39(2)41-29-31-44(32-30-41)42-19-9-4-10-20-42)52-50(27-16-28-51(52)62-54)48-25-15-26-49(37-48)57-60-55(46-23-13-6-14-24-46)59-56(61-57)47-35-33-45(34-36-47)43-21-11-5-12-22-43/h3-38H,1-2H3. The van der Waals surface area contributed by atoms with E-state index in [0.29, 0.717) is 17.5 Å². The normalized spacial score (nSPS) is 12.1. The monoisotopic (exact) mass is 798 g/mol. The molecule has 2 aromatic heterocycles. The van der Waals surface area contributed by atoms with E-state index in [4.69, 9.17) is 24.4 Å². The van der Waals surface area contributed by atoms with E-state index in [1.807, 2.05) is 54.6 Å². The van der Waals surface area contributed by atoms with Gasteiger partial charge in [-0.15, -0.1) is 0 Å². The predicted molar refractivity (Wildman–Crippen MR) is 254 cm³/mol. The van der Waals surface area contributed by atoms with Crippen molar-refractivity contribution in [2.75, 3.05) is 0 Å². The fourth-order valence-electron chi connectivity index (χ4n) is 8.07. The number of aromatic nitrogens is 3. The molecule has 8 aromatic carbocycles. The van der Waals surface area contributed by atoms with Crippen molar-refractivity contribution >= 4 is 22.4 Å². The number of hydrogen-bond acceptors (Lipinski definition) is 5. The number of benzene rings is 8. The third kappa shape index (κ3) is 7.76. The molecule has 0 aliphatic rings. The number of nitrogens with zero attached hydrogens (tertiary/aromatic N) is 4. The van der Waals surface area contributed by atoms with Gasteiger partial charge in [0.15, 0.2) is 17.5 Å². The molecule has 10 rings (SSSR count). The number of fused-ring (bicyclic) bond motifs is 1. The van der Waals surface area contributed by atoms with Gasteiger partial charge >= 0.3 is 0 Å². The first-order valence-corrected chi connectivity index (χ1v) is 21.0. The maximum atomic E-state index is 6.83. The second-order valence-electron chi connectivity index (χ2n) is 15.5. The van der Waals surface area contributed by atoms with Crippen LogP contribution >= 0.6 is 0 Å². The highest BCUT2D eigenvalue weighted by Crippen LogP contribution is 2.45. The van der Waals surface area contributed by atoms with Gasteiger partial charge in [-0.3, -0.25) is 0 Å². The Balaban J connectivity index is 1.09. The number of rotatable bonds is 10. The minimum Gasteiger partial charge on any atom is -0.458 e.